The van der Waals surface area contributed by atoms with Crippen molar-refractivity contribution in [3.8, 4) is 0 Å². The number of nitrogens with one attached hydrogen (secondary N) is 2. The van der Waals surface area contributed by atoms with E-state index in [9.17, 15) is 71.4 Å². The van der Waals surface area contributed by atoms with E-state index < -0.39 is 115 Å². The van der Waals surface area contributed by atoms with Gasteiger partial charge in [-0.25, -0.2) is 47.7 Å². The number of phosphoric ester groups is 2. The molecule has 418 valence electrons. The number of anilines is 2. The second kappa shape index (κ2) is 25.5. The molecule has 0 bridgehead atoms. The van der Waals surface area contributed by atoms with E-state index in [-0.39, 0.29) is 33.3 Å². The maximum absolute atomic E-state index is 13.3. The van der Waals surface area contributed by atoms with Crippen molar-refractivity contribution in [2.75, 3.05) is 72.5 Å². The van der Waals surface area contributed by atoms with Crippen LogP contribution in [0.4, 0.5) is 24.8 Å². The first-order valence-electron chi connectivity index (χ1n) is 21.3. The Labute approximate surface area is 444 Å². The molecule has 0 radical (unpaired) electrons. The van der Waals surface area contributed by atoms with Gasteiger partial charge in [-0.05, 0) is 18.9 Å². The third kappa shape index (κ3) is 15.0. The van der Waals surface area contributed by atoms with Crippen LogP contribution in [-0.2, 0) is 45.4 Å². The molecule has 5 unspecified atom stereocenters. The summed E-state index contributed by atoms with van der Waals surface area (Å²) in [6.07, 6.45) is -12.8. The summed E-state index contributed by atoms with van der Waals surface area (Å²) >= 11 is 16.5. The molecule has 74 heavy (non-hydrogen) atoms. The SMILES string of the molecule is CCCSc1nc(NCCSC)c2ncn(C3O[C@H](COP(=O)(O)OP(=O)(O)C(Cl)(Cl)P(=O)(O)OP(=O)(O)OC[C@H]4O[C@@H](n5cnc6c(NCCSC)nc(SCCC(F)(F)F)nc65)[C@H](O)[C@@H]4O)[C@@H](O)[C@H]3O)c2n1. The molecule has 4 aromatic heterocycles. The lowest BCUT2D eigenvalue weighted by Gasteiger charge is -2.29. The monoisotopic (exact) mass is 1250 g/mol. The van der Waals surface area contributed by atoms with Gasteiger partial charge >= 0.3 is 40.8 Å². The molecule has 2 saturated heterocycles. The van der Waals surface area contributed by atoms with Gasteiger partial charge in [0.1, 0.15) is 36.6 Å². The number of aliphatic hydroxyl groups is 4. The molecule has 2 aliphatic rings. The van der Waals surface area contributed by atoms with Crippen molar-refractivity contribution < 1.29 is 98.6 Å². The van der Waals surface area contributed by atoms with E-state index in [1.54, 1.807) is 11.8 Å². The minimum absolute atomic E-state index is 0.0777. The molecular formula is C33H49Cl2F3N10O18P4S4. The number of alkyl halides is 5. The lowest BCUT2D eigenvalue weighted by molar-refractivity contribution is -0.129. The second-order valence-electron chi connectivity index (χ2n) is 15.6. The Balaban J connectivity index is 1.08. The third-order valence-electron chi connectivity index (χ3n) is 10.2. The van der Waals surface area contributed by atoms with Crippen LogP contribution in [0.3, 0.4) is 0 Å². The summed E-state index contributed by atoms with van der Waals surface area (Å²) in [6.45, 7) is 0.397. The van der Waals surface area contributed by atoms with Gasteiger partial charge in [-0.3, -0.25) is 27.3 Å². The van der Waals surface area contributed by atoms with Gasteiger partial charge in [-0.2, -0.15) is 36.7 Å². The van der Waals surface area contributed by atoms with E-state index in [0.29, 0.717) is 47.3 Å². The van der Waals surface area contributed by atoms with E-state index in [4.69, 9.17) is 37.2 Å². The number of fused-ring (bicyclic) bond motifs is 2. The summed E-state index contributed by atoms with van der Waals surface area (Å²) < 4.78 is 118. The van der Waals surface area contributed by atoms with Gasteiger partial charge < -0.3 is 60.1 Å². The molecule has 41 heteroatoms. The first-order chi connectivity index (χ1) is 34.6. The van der Waals surface area contributed by atoms with Crippen molar-refractivity contribution in [2.45, 2.75) is 89.1 Å². The van der Waals surface area contributed by atoms with E-state index in [0.717, 1.165) is 23.1 Å². The average Bonchev–Trinajstić information content (AvgIpc) is 4.07. The summed E-state index contributed by atoms with van der Waals surface area (Å²) in [6, 6.07) is 0. The molecule has 2 fully saturated rings. The Kier molecular flexibility index (Phi) is 21.4. The van der Waals surface area contributed by atoms with Crippen LogP contribution in [0.2, 0.25) is 0 Å². The first kappa shape index (κ1) is 62.0. The molecule has 0 spiro atoms. The second-order valence-corrected chi connectivity index (χ2v) is 29.5. The number of rotatable bonds is 28. The van der Waals surface area contributed by atoms with Crippen LogP contribution in [-0.4, -0.2) is 187 Å². The van der Waals surface area contributed by atoms with Crippen LogP contribution < -0.4 is 10.6 Å². The highest BCUT2D eigenvalue weighted by atomic mass is 35.5. The predicted octanol–water partition coefficient (Wildman–Crippen LogP) is 4.73. The predicted molar refractivity (Wildman–Crippen MR) is 266 cm³/mol. The number of ether oxygens (including phenoxy) is 2. The molecule has 10 N–H and O–H groups in total. The van der Waals surface area contributed by atoms with Gasteiger partial charge in [0, 0.05) is 36.1 Å². The average molecular weight is 1250 g/mol. The van der Waals surface area contributed by atoms with Crippen molar-refractivity contribution >= 4 is 135 Å². The van der Waals surface area contributed by atoms with Crippen molar-refractivity contribution in [3.63, 3.8) is 0 Å². The summed E-state index contributed by atoms with van der Waals surface area (Å²) in [5.41, 5.74) is 0.443. The molecule has 4 aromatic rings. The zero-order valence-electron chi connectivity index (χ0n) is 38.4. The van der Waals surface area contributed by atoms with Gasteiger partial charge in [0.05, 0.1) is 32.3 Å². The molecule has 0 aliphatic carbocycles. The zero-order chi connectivity index (χ0) is 54.6. The molecule has 6 heterocycles. The first-order valence-corrected chi connectivity index (χ1v) is 32.9. The molecule has 0 saturated carbocycles. The number of thioether (sulfide) groups is 4. The van der Waals surface area contributed by atoms with Gasteiger partial charge in [-0.15, -0.1) is 0 Å². The van der Waals surface area contributed by atoms with Gasteiger partial charge in [-0.1, -0.05) is 53.6 Å². The Hall–Kier alpha value is -1.17. The van der Waals surface area contributed by atoms with Crippen molar-refractivity contribution in [1.29, 1.82) is 0 Å². The normalized spacial score (nSPS) is 26.0. The van der Waals surface area contributed by atoms with E-state index in [1.165, 1.54) is 34.4 Å². The minimum Gasteiger partial charge on any atom is -0.387 e. The maximum Gasteiger partial charge on any atom is 0.479 e. The molecule has 6 rings (SSSR count). The van der Waals surface area contributed by atoms with Gasteiger partial charge in [0.2, 0.25) is 0 Å². The largest absolute Gasteiger partial charge is 0.479 e. The molecular weight excluding hydrogens is 1200 g/mol. The quantitative estimate of drug-likeness (QED) is 0.0121. The number of hydrogen-bond acceptors (Lipinski definition) is 26. The van der Waals surface area contributed by atoms with Gasteiger partial charge in [0.25, 0.3) is 0 Å². The number of halogens is 5. The van der Waals surface area contributed by atoms with Gasteiger partial charge in [0.15, 0.2) is 56.7 Å². The lowest BCUT2D eigenvalue weighted by Crippen LogP contribution is -2.33. The highest BCUT2D eigenvalue weighted by Gasteiger charge is 2.66. The Bertz CT molecular complexity index is 2790. The Morgan fingerprint density at radius 1 is 0.676 bits per heavy atom. The number of aliphatic hydroxyl groups excluding tert-OH is 4. The maximum atomic E-state index is 13.3. The minimum atomic E-state index is -6.47. The van der Waals surface area contributed by atoms with Crippen LogP contribution in [0.5, 0.6) is 0 Å². The van der Waals surface area contributed by atoms with Crippen molar-refractivity contribution in [2.24, 2.45) is 0 Å². The summed E-state index contributed by atoms with van der Waals surface area (Å²) in [5, 5.41) is 50.0. The van der Waals surface area contributed by atoms with Crippen LogP contribution in [0, 0.1) is 0 Å². The fraction of sp³-hybridized carbons (Fsp3) is 0.697. The molecule has 28 nitrogen and oxygen atoms in total. The molecule has 0 amide bonds. The van der Waals surface area contributed by atoms with E-state index in [1.807, 2.05) is 19.4 Å². The lowest BCUT2D eigenvalue weighted by atomic mass is 10.1. The topological polar surface area (TPSA) is 397 Å². The smallest absolute Gasteiger partial charge is 0.387 e. The number of hydrogen-bond donors (Lipinski definition) is 10. The van der Waals surface area contributed by atoms with Crippen LogP contribution in [0.1, 0.15) is 32.2 Å². The number of imidazole rings is 2. The molecule has 12 atom stereocenters. The summed E-state index contributed by atoms with van der Waals surface area (Å²) in [4.78, 5) is 68.1. The van der Waals surface area contributed by atoms with Crippen molar-refractivity contribution in [1.82, 2.24) is 39.0 Å². The Morgan fingerprint density at radius 3 is 1.46 bits per heavy atom. The standard InChI is InChI=1S/C33H49Cl2F3N10O18P4S4/c1-4-8-73-30-43-24(39-6-10-71-2)18-26(45-30)47(14-41-18)28-22(51)20(49)16(63-28)12-61-69(57,58)65-67(53,54)33(34,35)68(55,56)66-70(59,60)62-13-17-21(50)23(52)29(64-17)48-15-42-19-25(40-7-11-72-3)44-31(46-27(19)48)74-9-5-32(36,37)38/h14-17,20-23,28-29,49-52H,4-13H2,1-3H3,(H,53,54)(H,55,56)(H,57,58)(H,59,60)(H,39,43,45)(H,40,44,46)/t16-,17-,20-,21-,22-,23-,28?,29-/m1/s1. The number of phosphoric acid groups is 2. The number of nitrogens with zero attached hydrogens (tertiary/aromatic N) is 8. The summed E-state index contributed by atoms with van der Waals surface area (Å²) in [7, 11) is -24.9. The number of aromatic nitrogens is 8. The fourth-order valence-electron chi connectivity index (χ4n) is 6.65. The van der Waals surface area contributed by atoms with Crippen molar-refractivity contribution in [3.05, 3.63) is 12.7 Å². The van der Waals surface area contributed by atoms with Crippen LogP contribution in [0.15, 0.2) is 23.0 Å². The highest BCUT2D eigenvalue weighted by Crippen LogP contribution is 2.83. The van der Waals surface area contributed by atoms with E-state index in [2.05, 4.69) is 53.7 Å². The third-order valence-corrected chi connectivity index (χ3v) is 23.1. The molecule has 2 aliphatic heterocycles. The van der Waals surface area contributed by atoms with Crippen LogP contribution >= 0.6 is 101 Å². The van der Waals surface area contributed by atoms with E-state index >= 15 is 0 Å². The fourth-order valence-corrected chi connectivity index (χ4v) is 15.9. The molecule has 0 aromatic carbocycles. The summed E-state index contributed by atoms with van der Waals surface area (Å²) in [5.74, 6) is 2.01. The zero-order valence-corrected chi connectivity index (χ0v) is 46.7. The highest BCUT2D eigenvalue weighted by molar-refractivity contribution is 7.99. The van der Waals surface area contributed by atoms with Crippen LogP contribution in [0.25, 0.3) is 22.3 Å². The Morgan fingerprint density at radius 2 is 1.08 bits per heavy atom.